The molecule has 0 spiro atoms. The average Bonchev–Trinajstić information content (AvgIpc) is 3.42. The predicted octanol–water partition coefficient (Wildman–Crippen LogP) is 3.71. The fourth-order valence-corrected chi connectivity index (χ4v) is 7.20. The van der Waals surface area contributed by atoms with Crippen LogP contribution in [0, 0.1) is 6.92 Å². The summed E-state index contributed by atoms with van der Waals surface area (Å²) >= 11 is 6.81. The molecular weight excluding hydrogens is 424 g/mol. The number of nitrogens with one attached hydrogen (secondary N) is 1. The van der Waals surface area contributed by atoms with Gasteiger partial charge in [-0.3, -0.25) is 4.79 Å². The van der Waals surface area contributed by atoms with Crippen LogP contribution < -0.4 is 5.32 Å². The highest BCUT2D eigenvalue weighted by Crippen LogP contribution is 2.42. The second-order valence-electron chi connectivity index (χ2n) is 8.53. The zero-order valence-electron chi connectivity index (χ0n) is 16.8. The van der Waals surface area contributed by atoms with Gasteiger partial charge in [0.1, 0.15) is 11.3 Å². The Kier molecular flexibility index (Phi) is 4.82. The Bertz CT molecular complexity index is 1110. The number of fused-ring (bicyclic) bond motifs is 1. The maximum atomic E-state index is 13.5. The van der Waals surface area contributed by atoms with E-state index in [4.69, 9.17) is 11.6 Å². The Morgan fingerprint density at radius 1 is 1.13 bits per heavy atom. The first-order valence-corrected chi connectivity index (χ1v) is 12.7. The molecule has 1 aromatic heterocycles. The van der Waals surface area contributed by atoms with Crippen molar-refractivity contribution in [1.82, 2.24) is 14.7 Å². The summed E-state index contributed by atoms with van der Waals surface area (Å²) < 4.78 is 25.6. The number of hydrogen-bond donors (Lipinski definition) is 1. The van der Waals surface area contributed by atoms with E-state index in [0.717, 1.165) is 42.6 Å². The van der Waals surface area contributed by atoms with Gasteiger partial charge in [-0.2, -0.15) is 5.10 Å². The van der Waals surface area contributed by atoms with Crippen LogP contribution in [0.3, 0.4) is 0 Å². The van der Waals surface area contributed by atoms with Crippen LogP contribution in [-0.2, 0) is 9.84 Å². The molecule has 0 unspecified atom stereocenters. The molecule has 2 atom stereocenters. The van der Waals surface area contributed by atoms with Crippen molar-refractivity contribution < 1.29 is 13.2 Å². The van der Waals surface area contributed by atoms with E-state index < -0.39 is 16.0 Å². The number of carbonyl (C=O) groups is 1. The van der Waals surface area contributed by atoms with Crippen LogP contribution in [-0.4, -0.2) is 46.6 Å². The van der Waals surface area contributed by atoms with Gasteiger partial charge in [0.05, 0.1) is 34.4 Å². The number of rotatable bonds is 3. The maximum Gasteiger partial charge on any atom is 0.258 e. The summed E-state index contributed by atoms with van der Waals surface area (Å²) in [5.41, 5.74) is 2.94. The Morgan fingerprint density at radius 3 is 2.57 bits per heavy atom. The fraction of sp³-hybridized carbons (Fsp3) is 0.524. The number of carbonyl (C=O) groups excluding carboxylic acids is 1. The Hall–Kier alpha value is -2.06. The smallest absolute Gasteiger partial charge is 0.258 e. The molecule has 2 fully saturated rings. The van der Waals surface area contributed by atoms with Crippen LogP contribution in [0.1, 0.15) is 65.9 Å². The lowest BCUT2D eigenvalue weighted by Gasteiger charge is -2.41. The number of aromatic nitrogens is 2. The van der Waals surface area contributed by atoms with Crippen molar-refractivity contribution in [2.75, 3.05) is 16.8 Å². The van der Waals surface area contributed by atoms with Gasteiger partial charge in [-0.1, -0.05) is 36.6 Å². The van der Waals surface area contributed by atoms with E-state index in [1.54, 1.807) is 4.68 Å². The summed E-state index contributed by atoms with van der Waals surface area (Å²) in [5, 5.41) is 8.56. The first-order chi connectivity index (χ1) is 14.4. The molecular formula is C21H25ClN4O3S. The fourth-order valence-electron chi connectivity index (χ4n) is 5.09. The first-order valence-electron chi connectivity index (χ1n) is 10.5. The minimum Gasteiger partial charge on any atom is -0.361 e. The third kappa shape index (κ3) is 3.21. The molecule has 1 saturated carbocycles. The normalized spacial score (nSPS) is 26.1. The SMILES string of the molecule is Cc1nn([C@@H]2CCS(=O)(=O)C2)c(Cl)c1[C@H]1Nc2ccccc2C(=O)N1C1CCCC1. The van der Waals surface area contributed by atoms with E-state index in [2.05, 4.69) is 10.4 Å². The van der Waals surface area contributed by atoms with Gasteiger partial charge in [0.15, 0.2) is 9.84 Å². The van der Waals surface area contributed by atoms with E-state index >= 15 is 0 Å². The number of benzene rings is 1. The average molecular weight is 449 g/mol. The third-order valence-corrected chi connectivity index (χ3v) is 8.71. The van der Waals surface area contributed by atoms with Crippen molar-refractivity contribution >= 4 is 33.0 Å². The number of para-hydroxylation sites is 1. The van der Waals surface area contributed by atoms with Crippen LogP contribution in [0.25, 0.3) is 0 Å². The van der Waals surface area contributed by atoms with Gasteiger partial charge in [0.2, 0.25) is 0 Å². The lowest BCUT2D eigenvalue weighted by Crippen LogP contribution is -2.48. The van der Waals surface area contributed by atoms with Gasteiger partial charge >= 0.3 is 0 Å². The highest BCUT2D eigenvalue weighted by molar-refractivity contribution is 7.91. The monoisotopic (exact) mass is 448 g/mol. The summed E-state index contributed by atoms with van der Waals surface area (Å²) in [5.74, 6) is 0.219. The lowest BCUT2D eigenvalue weighted by atomic mass is 10.0. The molecule has 1 aliphatic carbocycles. The highest BCUT2D eigenvalue weighted by atomic mass is 35.5. The van der Waals surface area contributed by atoms with Crippen LogP contribution in [0.4, 0.5) is 5.69 Å². The van der Waals surface area contributed by atoms with Crippen molar-refractivity contribution in [1.29, 1.82) is 0 Å². The third-order valence-electron chi connectivity index (χ3n) is 6.58. The van der Waals surface area contributed by atoms with Crippen molar-refractivity contribution in [3.63, 3.8) is 0 Å². The Balaban J connectivity index is 1.59. The maximum absolute atomic E-state index is 13.5. The van der Waals surface area contributed by atoms with Crippen LogP contribution in [0.5, 0.6) is 0 Å². The lowest BCUT2D eigenvalue weighted by molar-refractivity contribution is 0.0584. The van der Waals surface area contributed by atoms with Gasteiger partial charge in [-0.15, -0.1) is 0 Å². The topological polar surface area (TPSA) is 84.3 Å². The summed E-state index contributed by atoms with van der Waals surface area (Å²) in [6.07, 6.45) is 4.24. The number of sulfone groups is 1. The number of anilines is 1. The Labute approximate surface area is 181 Å². The van der Waals surface area contributed by atoms with E-state index in [0.29, 0.717) is 17.1 Å². The molecule has 7 nitrogen and oxygen atoms in total. The molecule has 5 rings (SSSR count). The van der Waals surface area contributed by atoms with E-state index in [1.807, 2.05) is 36.1 Å². The van der Waals surface area contributed by atoms with Gasteiger partial charge in [0.25, 0.3) is 5.91 Å². The molecule has 2 aliphatic heterocycles. The first kappa shape index (κ1) is 19.9. The summed E-state index contributed by atoms with van der Waals surface area (Å²) in [4.78, 5) is 15.4. The van der Waals surface area contributed by atoms with Gasteiger partial charge < -0.3 is 10.2 Å². The number of aryl methyl sites for hydroxylation is 1. The van der Waals surface area contributed by atoms with Crippen LogP contribution in [0.15, 0.2) is 24.3 Å². The highest BCUT2D eigenvalue weighted by Gasteiger charge is 2.42. The standard InChI is InChI=1S/C21H25ClN4O3S/c1-13-18(19(22)26(24-13)15-10-11-30(28,29)12-15)20-23-17-9-5-4-8-16(17)21(27)25(20)14-6-2-3-7-14/h4-5,8-9,14-15,20,23H,2-3,6-7,10-12H2,1H3/t15-,20+/m1/s1. The number of halogens is 1. The van der Waals surface area contributed by atoms with Gasteiger partial charge in [-0.25, -0.2) is 13.1 Å². The quantitative estimate of drug-likeness (QED) is 0.773. The molecule has 1 N–H and O–H groups in total. The number of nitrogens with zero attached hydrogens (tertiary/aromatic N) is 3. The summed E-state index contributed by atoms with van der Waals surface area (Å²) in [7, 11) is -3.06. The van der Waals surface area contributed by atoms with E-state index in [9.17, 15) is 13.2 Å². The molecule has 0 radical (unpaired) electrons. The van der Waals surface area contributed by atoms with E-state index in [1.165, 1.54) is 0 Å². The zero-order chi connectivity index (χ0) is 21.0. The molecule has 30 heavy (non-hydrogen) atoms. The second-order valence-corrected chi connectivity index (χ2v) is 11.1. The molecule has 3 aliphatic rings. The molecule has 1 saturated heterocycles. The zero-order valence-corrected chi connectivity index (χ0v) is 18.4. The predicted molar refractivity (Wildman–Crippen MR) is 116 cm³/mol. The van der Waals surface area contributed by atoms with Crippen molar-refractivity contribution in [3.05, 3.63) is 46.2 Å². The largest absolute Gasteiger partial charge is 0.361 e. The molecule has 9 heteroatoms. The van der Waals surface area contributed by atoms with Crippen LogP contribution >= 0.6 is 11.6 Å². The molecule has 1 amide bonds. The van der Waals surface area contributed by atoms with Crippen molar-refractivity contribution in [2.24, 2.45) is 0 Å². The molecule has 160 valence electrons. The Morgan fingerprint density at radius 2 is 1.87 bits per heavy atom. The van der Waals surface area contributed by atoms with Crippen molar-refractivity contribution in [3.8, 4) is 0 Å². The minimum absolute atomic E-state index is 0.00732. The van der Waals surface area contributed by atoms with Crippen molar-refractivity contribution in [2.45, 2.75) is 57.3 Å². The molecule has 3 heterocycles. The molecule has 2 aromatic rings. The van der Waals surface area contributed by atoms with Gasteiger partial charge in [0, 0.05) is 11.7 Å². The minimum atomic E-state index is -3.06. The second kappa shape index (κ2) is 7.27. The van der Waals surface area contributed by atoms with Gasteiger partial charge in [-0.05, 0) is 38.3 Å². The molecule has 0 bridgehead atoms. The summed E-state index contributed by atoms with van der Waals surface area (Å²) in [6, 6.07) is 7.42. The number of amides is 1. The number of hydrogen-bond acceptors (Lipinski definition) is 5. The van der Waals surface area contributed by atoms with E-state index in [-0.39, 0.29) is 29.5 Å². The van der Waals surface area contributed by atoms with Crippen LogP contribution in [0.2, 0.25) is 5.15 Å². The molecule has 1 aromatic carbocycles. The summed E-state index contributed by atoms with van der Waals surface area (Å²) in [6.45, 7) is 1.88.